The van der Waals surface area contributed by atoms with E-state index in [1.807, 2.05) is 12.1 Å². The summed E-state index contributed by atoms with van der Waals surface area (Å²) in [5, 5.41) is 0. The van der Waals surface area contributed by atoms with Gasteiger partial charge in [-0.2, -0.15) is 0 Å². The molecule has 62 valence electrons. The number of terminal acetylenes is 1. The Morgan fingerprint density at radius 1 is 1.25 bits per heavy atom. The molecule has 0 atom stereocenters. The van der Waals surface area contributed by atoms with Gasteiger partial charge in [0.1, 0.15) is 0 Å². The smallest absolute Gasteiger partial charge is 0.0242 e. The first-order chi connectivity index (χ1) is 5.86. The molecule has 0 nitrogen and oxygen atoms in total. The summed E-state index contributed by atoms with van der Waals surface area (Å²) >= 11 is 0. The van der Waals surface area contributed by atoms with E-state index in [0.717, 1.165) is 5.56 Å². The Morgan fingerprint density at radius 2 is 1.92 bits per heavy atom. The van der Waals surface area contributed by atoms with Crippen molar-refractivity contribution in [1.82, 2.24) is 0 Å². The molecule has 0 saturated carbocycles. The van der Waals surface area contributed by atoms with Crippen LogP contribution in [0.2, 0.25) is 0 Å². The molecule has 0 spiro atoms. The van der Waals surface area contributed by atoms with Crippen LogP contribution in [-0.2, 0) is 6.42 Å². The molecule has 1 aromatic carbocycles. The lowest BCUT2D eigenvalue weighted by Gasteiger charge is -1.98. The van der Waals surface area contributed by atoms with Gasteiger partial charge in [0.2, 0.25) is 0 Å². The lowest BCUT2D eigenvalue weighted by molar-refractivity contribution is 0.795. The van der Waals surface area contributed by atoms with Gasteiger partial charge in [0.25, 0.3) is 0 Å². The number of aryl methyl sites for hydroxylation is 1. The van der Waals surface area contributed by atoms with Crippen LogP contribution in [0.4, 0.5) is 0 Å². The van der Waals surface area contributed by atoms with Crippen molar-refractivity contribution < 1.29 is 0 Å². The van der Waals surface area contributed by atoms with Crippen molar-refractivity contribution in [3.05, 3.63) is 35.4 Å². The molecule has 0 amide bonds. The van der Waals surface area contributed by atoms with Gasteiger partial charge < -0.3 is 0 Å². The van der Waals surface area contributed by atoms with E-state index in [2.05, 4.69) is 25.0 Å². The third-order valence-corrected chi connectivity index (χ3v) is 1.94. The summed E-state index contributed by atoms with van der Waals surface area (Å²) in [6.07, 6.45) is 8.92. The predicted octanol–water partition coefficient (Wildman–Crippen LogP) is 3.01. The fraction of sp³-hybridized carbons (Fsp3) is 0.333. The molecule has 0 N–H and O–H groups in total. The second-order valence-corrected chi connectivity index (χ2v) is 2.94. The van der Waals surface area contributed by atoms with Gasteiger partial charge in [-0.05, 0) is 30.5 Å². The minimum absolute atomic E-state index is 0.968. The van der Waals surface area contributed by atoms with Crippen LogP contribution >= 0.6 is 0 Å². The molecule has 0 heterocycles. The average Bonchev–Trinajstić information content (AvgIpc) is 2.15. The van der Waals surface area contributed by atoms with Crippen LogP contribution < -0.4 is 0 Å². The molecule has 0 heteroatoms. The van der Waals surface area contributed by atoms with E-state index in [4.69, 9.17) is 6.42 Å². The van der Waals surface area contributed by atoms with Gasteiger partial charge in [0.15, 0.2) is 0 Å². The van der Waals surface area contributed by atoms with E-state index in [0.29, 0.717) is 0 Å². The molecule has 1 rings (SSSR count). The van der Waals surface area contributed by atoms with Crippen molar-refractivity contribution in [2.45, 2.75) is 26.2 Å². The number of rotatable bonds is 3. The number of benzene rings is 1. The molecule has 0 aliphatic rings. The highest BCUT2D eigenvalue weighted by molar-refractivity contribution is 5.34. The lowest BCUT2D eigenvalue weighted by atomic mass is 10.1. The zero-order valence-electron chi connectivity index (χ0n) is 7.51. The van der Waals surface area contributed by atoms with Gasteiger partial charge in [0, 0.05) is 5.56 Å². The monoisotopic (exact) mass is 158 g/mol. The highest BCUT2D eigenvalue weighted by Gasteiger charge is 1.91. The topological polar surface area (TPSA) is 0 Å². The van der Waals surface area contributed by atoms with Crippen LogP contribution in [0, 0.1) is 12.3 Å². The lowest BCUT2D eigenvalue weighted by Crippen LogP contribution is -1.84. The maximum Gasteiger partial charge on any atom is 0.0242 e. The Hall–Kier alpha value is -1.22. The standard InChI is InChI=1S/C12H14/c1-3-5-6-12-9-7-11(4-2)8-10-12/h2,7-10H,3,5-6H2,1H3. The molecule has 0 aliphatic carbocycles. The third kappa shape index (κ3) is 2.43. The Balaban J connectivity index is 2.60. The Morgan fingerprint density at radius 3 is 2.42 bits per heavy atom. The fourth-order valence-corrected chi connectivity index (χ4v) is 1.15. The molecule has 0 bridgehead atoms. The van der Waals surface area contributed by atoms with Crippen molar-refractivity contribution in [2.24, 2.45) is 0 Å². The number of unbranched alkanes of at least 4 members (excludes halogenated alkanes) is 1. The minimum atomic E-state index is 0.968. The van der Waals surface area contributed by atoms with E-state index in [-0.39, 0.29) is 0 Å². The Bertz CT molecular complexity index is 261. The number of hydrogen-bond acceptors (Lipinski definition) is 0. The van der Waals surface area contributed by atoms with Gasteiger partial charge in [-0.25, -0.2) is 0 Å². The largest absolute Gasteiger partial charge is 0.115 e. The van der Waals surface area contributed by atoms with Crippen molar-refractivity contribution in [1.29, 1.82) is 0 Å². The van der Waals surface area contributed by atoms with E-state index in [9.17, 15) is 0 Å². The summed E-state index contributed by atoms with van der Waals surface area (Å²) < 4.78 is 0. The summed E-state index contributed by atoms with van der Waals surface area (Å²) in [5.41, 5.74) is 2.35. The Kier molecular flexibility index (Phi) is 3.41. The zero-order valence-corrected chi connectivity index (χ0v) is 7.51. The van der Waals surface area contributed by atoms with Gasteiger partial charge >= 0.3 is 0 Å². The molecule has 0 aliphatic heterocycles. The first kappa shape index (κ1) is 8.87. The second kappa shape index (κ2) is 4.62. The summed E-state index contributed by atoms with van der Waals surface area (Å²) in [6.45, 7) is 2.20. The maximum atomic E-state index is 5.25. The molecule has 0 fully saturated rings. The van der Waals surface area contributed by atoms with Gasteiger partial charge in [0.05, 0.1) is 0 Å². The minimum Gasteiger partial charge on any atom is -0.115 e. The first-order valence-electron chi connectivity index (χ1n) is 4.42. The van der Waals surface area contributed by atoms with Gasteiger partial charge in [-0.15, -0.1) is 6.42 Å². The molecule has 1 aromatic rings. The zero-order chi connectivity index (χ0) is 8.81. The second-order valence-electron chi connectivity index (χ2n) is 2.94. The van der Waals surface area contributed by atoms with Crippen LogP contribution in [0.3, 0.4) is 0 Å². The molecule has 12 heavy (non-hydrogen) atoms. The SMILES string of the molecule is C#Cc1ccc(CCCC)cc1. The Labute approximate surface area is 74.6 Å². The molecular weight excluding hydrogens is 144 g/mol. The van der Waals surface area contributed by atoms with Crippen molar-refractivity contribution in [3.8, 4) is 12.3 Å². The first-order valence-corrected chi connectivity index (χ1v) is 4.42. The van der Waals surface area contributed by atoms with Crippen LogP contribution in [0.25, 0.3) is 0 Å². The molecular formula is C12H14. The van der Waals surface area contributed by atoms with E-state index in [1.165, 1.54) is 24.8 Å². The van der Waals surface area contributed by atoms with Crippen LogP contribution in [0.15, 0.2) is 24.3 Å². The molecule has 0 unspecified atom stereocenters. The summed E-state index contributed by atoms with van der Waals surface area (Å²) in [6, 6.07) is 8.24. The van der Waals surface area contributed by atoms with Crippen molar-refractivity contribution in [2.75, 3.05) is 0 Å². The average molecular weight is 158 g/mol. The third-order valence-electron chi connectivity index (χ3n) is 1.94. The summed E-state index contributed by atoms with van der Waals surface area (Å²) in [4.78, 5) is 0. The van der Waals surface area contributed by atoms with E-state index < -0.39 is 0 Å². The van der Waals surface area contributed by atoms with Crippen LogP contribution in [0.1, 0.15) is 30.9 Å². The van der Waals surface area contributed by atoms with Crippen LogP contribution in [-0.4, -0.2) is 0 Å². The fourth-order valence-electron chi connectivity index (χ4n) is 1.15. The molecule has 0 saturated heterocycles. The maximum absolute atomic E-state index is 5.25. The van der Waals surface area contributed by atoms with E-state index >= 15 is 0 Å². The predicted molar refractivity (Wildman–Crippen MR) is 53.0 cm³/mol. The molecule has 0 radical (unpaired) electrons. The van der Waals surface area contributed by atoms with Crippen LogP contribution in [0.5, 0.6) is 0 Å². The highest BCUT2D eigenvalue weighted by atomic mass is 14.0. The number of hydrogen-bond donors (Lipinski definition) is 0. The quantitative estimate of drug-likeness (QED) is 0.593. The highest BCUT2D eigenvalue weighted by Crippen LogP contribution is 2.06. The van der Waals surface area contributed by atoms with Crippen molar-refractivity contribution in [3.63, 3.8) is 0 Å². The van der Waals surface area contributed by atoms with Crippen molar-refractivity contribution >= 4 is 0 Å². The molecule has 0 aromatic heterocycles. The summed E-state index contributed by atoms with van der Waals surface area (Å²) in [5.74, 6) is 2.61. The van der Waals surface area contributed by atoms with E-state index in [1.54, 1.807) is 0 Å². The van der Waals surface area contributed by atoms with Gasteiger partial charge in [-0.1, -0.05) is 31.4 Å². The van der Waals surface area contributed by atoms with Gasteiger partial charge in [-0.3, -0.25) is 0 Å². The normalized spacial score (nSPS) is 9.33. The summed E-state index contributed by atoms with van der Waals surface area (Å²) in [7, 11) is 0.